The van der Waals surface area contributed by atoms with E-state index >= 15 is 0 Å². The average Bonchev–Trinajstić information content (AvgIpc) is 2.84. The minimum absolute atomic E-state index is 0.0642. The molecule has 0 heterocycles. The molecule has 184 valence electrons. The number of rotatable bonds is 10. The fourth-order valence-corrected chi connectivity index (χ4v) is 5.41. The molecule has 7 heteroatoms. The lowest BCUT2D eigenvalue weighted by molar-refractivity contribution is -0.151. The zero-order chi connectivity index (χ0) is 24.9. The molecule has 3 aromatic carbocycles. The molecule has 3 atom stereocenters. The summed E-state index contributed by atoms with van der Waals surface area (Å²) in [5.41, 5.74) is 1.93. The van der Waals surface area contributed by atoms with Gasteiger partial charge in [-0.1, -0.05) is 91.0 Å². The summed E-state index contributed by atoms with van der Waals surface area (Å²) in [5.74, 6) is -0.699. The fraction of sp³-hybridized carbons (Fsp3) is 0.321. The van der Waals surface area contributed by atoms with Crippen molar-refractivity contribution < 1.29 is 26.9 Å². The van der Waals surface area contributed by atoms with Crippen LogP contribution in [0.5, 0.6) is 0 Å². The van der Waals surface area contributed by atoms with Crippen molar-refractivity contribution >= 4 is 16.1 Å². The summed E-state index contributed by atoms with van der Waals surface area (Å²) in [6.45, 7) is 1.77. The summed E-state index contributed by atoms with van der Waals surface area (Å²) < 4.78 is 41.2. The molecule has 0 unspecified atom stereocenters. The Morgan fingerprint density at radius 2 is 1.29 bits per heavy atom. The van der Waals surface area contributed by atoms with E-state index in [2.05, 4.69) is 0 Å². The maximum Gasteiger partial charge on any atom is 0.302 e. The maximum absolute atomic E-state index is 11.9. The molecule has 0 spiro atoms. The van der Waals surface area contributed by atoms with Crippen molar-refractivity contribution in [3.63, 3.8) is 0 Å². The molecule has 1 aliphatic carbocycles. The zero-order valence-corrected chi connectivity index (χ0v) is 20.7. The third kappa shape index (κ3) is 5.81. The maximum atomic E-state index is 11.9. The summed E-state index contributed by atoms with van der Waals surface area (Å²) >= 11 is 0. The van der Waals surface area contributed by atoms with E-state index < -0.39 is 21.8 Å². The Morgan fingerprint density at radius 3 is 1.69 bits per heavy atom. The van der Waals surface area contributed by atoms with E-state index in [0.29, 0.717) is 6.42 Å². The molecule has 1 fully saturated rings. The number of esters is 1. The van der Waals surface area contributed by atoms with E-state index in [4.69, 9.17) is 13.7 Å². The van der Waals surface area contributed by atoms with Gasteiger partial charge in [0, 0.05) is 18.8 Å². The van der Waals surface area contributed by atoms with Gasteiger partial charge in [-0.2, -0.15) is 8.42 Å². The first-order valence-corrected chi connectivity index (χ1v) is 13.4. The summed E-state index contributed by atoms with van der Waals surface area (Å²) in [6.07, 6.45) is 0.987. The van der Waals surface area contributed by atoms with Gasteiger partial charge in [-0.25, -0.2) is 0 Å². The van der Waals surface area contributed by atoms with Crippen LogP contribution in [-0.4, -0.2) is 40.0 Å². The van der Waals surface area contributed by atoms with Gasteiger partial charge in [-0.05, 0) is 23.1 Å². The van der Waals surface area contributed by atoms with Crippen LogP contribution in [0, 0.1) is 11.8 Å². The molecular weight excluding hydrogens is 464 g/mol. The number of ether oxygens (including phenoxy) is 2. The molecule has 0 amide bonds. The van der Waals surface area contributed by atoms with Crippen LogP contribution in [0.15, 0.2) is 91.0 Å². The highest BCUT2D eigenvalue weighted by molar-refractivity contribution is 7.86. The Balaban J connectivity index is 1.73. The van der Waals surface area contributed by atoms with Crippen LogP contribution < -0.4 is 0 Å². The van der Waals surface area contributed by atoms with E-state index in [0.717, 1.165) is 22.9 Å². The summed E-state index contributed by atoms with van der Waals surface area (Å²) in [7, 11) is -3.65. The first kappa shape index (κ1) is 25.1. The van der Waals surface area contributed by atoms with Gasteiger partial charge in [-0.3, -0.25) is 8.98 Å². The average molecular weight is 495 g/mol. The molecule has 0 N–H and O–H groups in total. The molecule has 3 aromatic rings. The number of carbonyl (C=O) groups is 1. The molecule has 4 rings (SSSR count). The molecule has 0 radical (unpaired) electrons. The number of carbonyl (C=O) groups excluding carboxylic acids is 1. The first-order chi connectivity index (χ1) is 16.8. The number of benzene rings is 3. The Hall–Kier alpha value is -3.00. The van der Waals surface area contributed by atoms with Crippen LogP contribution in [-0.2, 0) is 34.2 Å². The van der Waals surface area contributed by atoms with Crippen LogP contribution in [0.1, 0.15) is 30.0 Å². The standard InChI is InChI=1S/C28H30O6S/c1-21(29)32-19-22-18-27(34-35(2,30)31)26(22)20-33-28(23-12-6-3-7-13-23,24-14-8-4-9-15-24)25-16-10-5-11-17-25/h3-17,22,26-27H,18-20H2,1-2H3/t22-,26-,27+/m1/s1. The van der Waals surface area contributed by atoms with Crippen LogP contribution in [0.3, 0.4) is 0 Å². The second-order valence-electron chi connectivity index (χ2n) is 8.89. The highest BCUT2D eigenvalue weighted by Gasteiger charge is 2.47. The van der Waals surface area contributed by atoms with Crippen molar-refractivity contribution in [1.29, 1.82) is 0 Å². The zero-order valence-electron chi connectivity index (χ0n) is 19.9. The molecule has 1 saturated carbocycles. The Labute approximate surface area is 207 Å². The largest absolute Gasteiger partial charge is 0.466 e. The van der Waals surface area contributed by atoms with Crippen LogP contribution >= 0.6 is 0 Å². The van der Waals surface area contributed by atoms with Gasteiger partial charge < -0.3 is 9.47 Å². The summed E-state index contributed by atoms with van der Waals surface area (Å²) in [5, 5.41) is 0. The molecule has 35 heavy (non-hydrogen) atoms. The summed E-state index contributed by atoms with van der Waals surface area (Å²) in [6, 6.07) is 29.9. The third-order valence-electron chi connectivity index (χ3n) is 6.45. The van der Waals surface area contributed by atoms with Crippen LogP contribution in [0.25, 0.3) is 0 Å². The number of hydrogen-bond donors (Lipinski definition) is 0. The normalized spacial score (nSPS) is 20.1. The highest BCUT2D eigenvalue weighted by atomic mass is 32.2. The molecule has 0 saturated heterocycles. The van der Waals surface area contributed by atoms with Gasteiger partial charge in [0.2, 0.25) is 0 Å². The number of hydrogen-bond acceptors (Lipinski definition) is 6. The molecule has 6 nitrogen and oxygen atoms in total. The van der Waals surface area contributed by atoms with Gasteiger partial charge in [0.05, 0.1) is 25.6 Å². The van der Waals surface area contributed by atoms with Gasteiger partial charge in [0.25, 0.3) is 10.1 Å². The van der Waals surface area contributed by atoms with E-state index in [1.165, 1.54) is 6.92 Å². The van der Waals surface area contributed by atoms with Crippen molar-refractivity contribution in [2.24, 2.45) is 11.8 Å². The van der Waals surface area contributed by atoms with Crippen molar-refractivity contribution in [3.8, 4) is 0 Å². The van der Waals surface area contributed by atoms with Gasteiger partial charge in [0.15, 0.2) is 0 Å². The topological polar surface area (TPSA) is 78.9 Å². The van der Waals surface area contributed by atoms with E-state index in [1.807, 2.05) is 91.0 Å². The Kier molecular flexibility index (Phi) is 7.69. The molecule has 0 bridgehead atoms. The minimum Gasteiger partial charge on any atom is -0.466 e. The Morgan fingerprint density at radius 1 is 0.829 bits per heavy atom. The monoisotopic (exact) mass is 494 g/mol. The van der Waals surface area contributed by atoms with Gasteiger partial charge in [-0.15, -0.1) is 0 Å². The summed E-state index contributed by atoms with van der Waals surface area (Å²) in [4.78, 5) is 11.4. The van der Waals surface area contributed by atoms with Gasteiger partial charge in [0.1, 0.15) is 5.60 Å². The van der Waals surface area contributed by atoms with E-state index in [1.54, 1.807) is 0 Å². The van der Waals surface area contributed by atoms with Crippen molar-refractivity contribution in [1.82, 2.24) is 0 Å². The lowest BCUT2D eigenvalue weighted by Gasteiger charge is -2.45. The van der Waals surface area contributed by atoms with Crippen LogP contribution in [0.2, 0.25) is 0 Å². The second kappa shape index (κ2) is 10.7. The SMILES string of the molecule is CC(=O)OC[C@H]1C[C@H](OS(C)(=O)=O)[C@@H]1COC(c1ccccc1)(c1ccccc1)c1ccccc1. The quantitative estimate of drug-likeness (QED) is 0.234. The van der Waals surface area contributed by atoms with Crippen molar-refractivity contribution in [2.45, 2.75) is 25.0 Å². The molecule has 0 aromatic heterocycles. The van der Waals surface area contributed by atoms with Gasteiger partial charge >= 0.3 is 5.97 Å². The lowest BCUT2D eigenvalue weighted by atomic mass is 9.71. The fourth-order valence-electron chi connectivity index (χ4n) is 4.74. The predicted molar refractivity (Wildman–Crippen MR) is 133 cm³/mol. The molecular formula is C28H30O6S. The smallest absolute Gasteiger partial charge is 0.302 e. The van der Waals surface area contributed by atoms with Crippen LogP contribution in [0.4, 0.5) is 0 Å². The predicted octanol–water partition coefficient (Wildman–Crippen LogP) is 4.54. The van der Waals surface area contributed by atoms with E-state index in [-0.39, 0.29) is 31.0 Å². The van der Waals surface area contributed by atoms with Crippen molar-refractivity contribution in [3.05, 3.63) is 108 Å². The highest BCUT2D eigenvalue weighted by Crippen LogP contribution is 2.44. The molecule has 0 aliphatic heterocycles. The minimum atomic E-state index is -3.65. The third-order valence-corrected chi connectivity index (χ3v) is 7.05. The Bertz CT molecular complexity index is 1120. The lowest BCUT2D eigenvalue weighted by Crippen LogP contribution is -2.50. The molecule has 1 aliphatic rings. The second-order valence-corrected chi connectivity index (χ2v) is 10.5. The van der Waals surface area contributed by atoms with Crippen molar-refractivity contribution in [2.75, 3.05) is 19.5 Å². The van der Waals surface area contributed by atoms with E-state index in [9.17, 15) is 13.2 Å². The first-order valence-electron chi connectivity index (χ1n) is 11.6.